The van der Waals surface area contributed by atoms with Gasteiger partial charge in [0, 0.05) is 17.0 Å². The molecule has 0 aliphatic rings. The average molecular weight is 350 g/mol. The van der Waals surface area contributed by atoms with E-state index in [1.165, 1.54) is 0 Å². The Morgan fingerprint density at radius 1 is 1.08 bits per heavy atom. The molecule has 0 bridgehead atoms. The zero-order valence-electron chi connectivity index (χ0n) is 14.7. The molecular formula is C16H22N4O3S. The Balaban J connectivity index is 2.50. The van der Waals surface area contributed by atoms with Crippen LogP contribution in [0.4, 0.5) is 0 Å². The maximum atomic E-state index is 5.40. The molecule has 0 radical (unpaired) electrons. The van der Waals surface area contributed by atoms with Gasteiger partial charge in [-0.2, -0.15) is 14.9 Å². The molecule has 0 aliphatic carbocycles. The number of hydrogen-bond acceptors (Lipinski definition) is 6. The predicted octanol–water partition coefficient (Wildman–Crippen LogP) is 3.15. The summed E-state index contributed by atoms with van der Waals surface area (Å²) in [6.07, 6.45) is 1.65. The number of hydrogen-bond donors (Lipinski definition) is 1. The highest BCUT2D eigenvalue weighted by Crippen LogP contribution is 2.33. The number of benzene rings is 1. The van der Waals surface area contributed by atoms with Gasteiger partial charge in [-0.1, -0.05) is 20.8 Å². The minimum atomic E-state index is -0.202. The molecular weight excluding hydrogens is 328 g/mol. The summed E-state index contributed by atoms with van der Waals surface area (Å²) in [6.45, 7) is 6.13. The second-order valence-corrected chi connectivity index (χ2v) is 6.49. The van der Waals surface area contributed by atoms with Gasteiger partial charge >= 0.3 is 0 Å². The number of nitrogens with one attached hydrogen (secondary N) is 1. The standard InChI is InChI=1S/C16H22N4O3S/c1-16(2,3)14-18-19-15(24)20(14)17-9-10-7-12(22-5)13(23-6)8-11(10)21-4/h7-9H,1-6H3,(H,19,24)/b17-9-. The molecule has 0 unspecified atom stereocenters. The highest BCUT2D eigenvalue weighted by molar-refractivity contribution is 7.71. The molecule has 0 fully saturated rings. The lowest BCUT2D eigenvalue weighted by Gasteiger charge is -2.16. The van der Waals surface area contributed by atoms with Crippen molar-refractivity contribution in [3.63, 3.8) is 0 Å². The Kier molecular flexibility index (Phi) is 5.28. The van der Waals surface area contributed by atoms with Crippen LogP contribution in [0.2, 0.25) is 0 Å². The van der Waals surface area contributed by atoms with E-state index < -0.39 is 0 Å². The third-order valence-corrected chi connectivity index (χ3v) is 3.63. The van der Waals surface area contributed by atoms with Crippen molar-refractivity contribution < 1.29 is 14.2 Å². The zero-order valence-corrected chi connectivity index (χ0v) is 15.5. The summed E-state index contributed by atoms with van der Waals surface area (Å²) < 4.78 is 18.0. The highest BCUT2D eigenvalue weighted by atomic mass is 32.1. The van der Waals surface area contributed by atoms with Crippen LogP contribution in [-0.4, -0.2) is 42.4 Å². The SMILES string of the molecule is COc1cc(OC)c(OC)cc1/C=N\n1c(C(C)(C)C)n[nH]c1=S. The quantitative estimate of drug-likeness (QED) is 0.662. The third-order valence-electron chi connectivity index (χ3n) is 3.37. The second-order valence-electron chi connectivity index (χ2n) is 6.11. The topological polar surface area (TPSA) is 73.7 Å². The van der Waals surface area contributed by atoms with Gasteiger partial charge in [0.25, 0.3) is 0 Å². The van der Waals surface area contributed by atoms with Gasteiger partial charge in [0.2, 0.25) is 4.77 Å². The van der Waals surface area contributed by atoms with Crippen molar-refractivity contribution >= 4 is 18.4 Å². The Bertz CT molecular complexity index is 803. The van der Waals surface area contributed by atoms with E-state index in [1.54, 1.807) is 44.4 Å². The van der Waals surface area contributed by atoms with Crippen molar-refractivity contribution in [1.29, 1.82) is 0 Å². The van der Waals surface area contributed by atoms with Crippen molar-refractivity contribution in [2.45, 2.75) is 26.2 Å². The van der Waals surface area contributed by atoms with E-state index in [0.717, 1.165) is 11.4 Å². The van der Waals surface area contributed by atoms with Crippen molar-refractivity contribution in [3.05, 3.63) is 28.3 Å². The second kappa shape index (κ2) is 7.04. The van der Waals surface area contributed by atoms with Crippen LogP contribution in [0.25, 0.3) is 0 Å². The van der Waals surface area contributed by atoms with Gasteiger partial charge in [-0.3, -0.25) is 5.10 Å². The molecule has 1 aromatic heterocycles. The smallest absolute Gasteiger partial charge is 0.216 e. The van der Waals surface area contributed by atoms with Crippen molar-refractivity contribution in [2.24, 2.45) is 5.10 Å². The Morgan fingerprint density at radius 3 is 2.21 bits per heavy atom. The summed E-state index contributed by atoms with van der Waals surface area (Å²) in [5, 5.41) is 11.5. The average Bonchev–Trinajstić information content (AvgIpc) is 2.92. The van der Waals surface area contributed by atoms with E-state index in [2.05, 4.69) is 15.3 Å². The summed E-state index contributed by atoms with van der Waals surface area (Å²) in [5.74, 6) is 2.53. The summed E-state index contributed by atoms with van der Waals surface area (Å²) in [6, 6.07) is 3.54. The fourth-order valence-electron chi connectivity index (χ4n) is 2.16. The summed E-state index contributed by atoms with van der Waals surface area (Å²) in [5.41, 5.74) is 0.533. The van der Waals surface area contributed by atoms with Crippen LogP contribution >= 0.6 is 12.2 Å². The maximum absolute atomic E-state index is 5.40. The van der Waals surface area contributed by atoms with E-state index in [4.69, 9.17) is 26.4 Å². The molecule has 0 aliphatic heterocycles. The Morgan fingerprint density at radius 2 is 1.67 bits per heavy atom. The molecule has 130 valence electrons. The first kappa shape index (κ1) is 18.0. The van der Waals surface area contributed by atoms with E-state index in [9.17, 15) is 0 Å². The van der Waals surface area contributed by atoms with Crippen LogP contribution in [0.3, 0.4) is 0 Å². The molecule has 2 rings (SSSR count). The minimum Gasteiger partial charge on any atom is -0.496 e. The summed E-state index contributed by atoms with van der Waals surface area (Å²) in [4.78, 5) is 0. The van der Waals surface area contributed by atoms with E-state index in [-0.39, 0.29) is 5.41 Å². The van der Waals surface area contributed by atoms with Crippen LogP contribution in [0.1, 0.15) is 32.2 Å². The highest BCUT2D eigenvalue weighted by Gasteiger charge is 2.21. The first-order chi connectivity index (χ1) is 11.3. The zero-order chi connectivity index (χ0) is 17.9. The summed E-state index contributed by atoms with van der Waals surface area (Å²) in [7, 11) is 4.74. The van der Waals surface area contributed by atoms with Gasteiger partial charge in [-0.25, -0.2) is 0 Å². The number of aromatic amines is 1. The lowest BCUT2D eigenvalue weighted by atomic mass is 9.96. The number of rotatable bonds is 5. The maximum Gasteiger partial charge on any atom is 0.216 e. The molecule has 0 saturated heterocycles. The van der Waals surface area contributed by atoms with Crippen LogP contribution < -0.4 is 14.2 Å². The van der Waals surface area contributed by atoms with E-state index in [0.29, 0.717) is 22.0 Å². The monoisotopic (exact) mass is 350 g/mol. The van der Waals surface area contributed by atoms with Crippen LogP contribution in [0, 0.1) is 4.77 Å². The molecule has 0 spiro atoms. The molecule has 0 atom stereocenters. The molecule has 0 saturated carbocycles. The van der Waals surface area contributed by atoms with Gasteiger partial charge in [0.15, 0.2) is 17.3 Å². The first-order valence-electron chi connectivity index (χ1n) is 7.34. The van der Waals surface area contributed by atoms with Gasteiger partial charge in [-0.05, 0) is 18.3 Å². The molecule has 1 N–H and O–H groups in total. The van der Waals surface area contributed by atoms with Gasteiger partial charge < -0.3 is 14.2 Å². The molecule has 2 aromatic rings. The van der Waals surface area contributed by atoms with Gasteiger partial charge in [-0.15, -0.1) is 0 Å². The van der Waals surface area contributed by atoms with Crippen molar-refractivity contribution in [3.8, 4) is 17.2 Å². The van der Waals surface area contributed by atoms with E-state index in [1.807, 2.05) is 20.8 Å². The van der Waals surface area contributed by atoms with E-state index >= 15 is 0 Å². The lowest BCUT2D eigenvalue weighted by molar-refractivity contribution is 0.349. The fraction of sp³-hybridized carbons (Fsp3) is 0.438. The number of methoxy groups -OCH3 is 3. The number of ether oxygens (including phenoxy) is 3. The third kappa shape index (κ3) is 3.59. The Labute approximate surface area is 146 Å². The molecule has 24 heavy (non-hydrogen) atoms. The normalized spacial score (nSPS) is 11.8. The van der Waals surface area contributed by atoms with Gasteiger partial charge in [0.1, 0.15) is 5.75 Å². The van der Waals surface area contributed by atoms with Crippen molar-refractivity contribution in [2.75, 3.05) is 21.3 Å². The fourth-order valence-corrected chi connectivity index (χ4v) is 2.34. The number of aromatic nitrogens is 3. The minimum absolute atomic E-state index is 0.202. The largest absolute Gasteiger partial charge is 0.496 e. The van der Waals surface area contributed by atoms with Gasteiger partial charge in [0.05, 0.1) is 27.5 Å². The van der Waals surface area contributed by atoms with Crippen molar-refractivity contribution in [1.82, 2.24) is 14.9 Å². The molecule has 0 amide bonds. The van der Waals surface area contributed by atoms with Crippen LogP contribution in [0.5, 0.6) is 17.2 Å². The summed E-state index contributed by atoms with van der Waals surface area (Å²) >= 11 is 5.26. The number of H-pyrrole nitrogens is 1. The molecule has 7 nitrogen and oxygen atoms in total. The molecule has 1 heterocycles. The molecule has 8 heteroatoms. The lowest BCUT2D eigenvalue weighted by Crippen LogP contribution is -2.17. The van der Waals surface area contributed by atoms with Crippen LogP contribution in [0.15, 0.2) is 17.2 Å². The van der Waals surface area contributed by atoms with Crippen LogP contribution in [-0.2, 0) is 5.41 Å². The molecule has 1 aromatic carbocycles. The predicted molar refractivity (Wildman–Crippen MR) is 95.2 cm³/mol. The first-order valence-corrected chi connectivity index (χ1v) is 7.75. The Hall–Kier alpha value is -2.35. The number of nitrogens with zero attached hydrogens (tertiary/aromatic N) is 3.